The van der Waals surface area contributed by atoms with Gasteiger partial charge in [-0.05, 0) is 24.3 Å². The van der Waals surface area contributed by atoms with E-state index in [4.69, 9.17) is 20.8 Å². The van der Waals surface area contributed by atoms with Gasteiger partial charge in [-0.15, -0.1) is 0 Å². The lowest BCUT2D eigenvalue weighted by atomic mass is 9.90. The number of hydrogen-bond acceptors (Lipinski definition) is 5. The molecule has 138 valence electrons. The largest absolute Gasteiger partial charge is 0.480 e. The zero-order valence-electron chi connectivity index (χ0n) is 14.0. The third kappa shape index (κ3) is 4.23. The molecule has 1 aliphatic rings. The van der Waals surface area contributed by atoms with Gasteiger partial charge in [0.15, 0.2) is 11.7 Å². The van der Waals surface area contributed by atoms with Gasteiger partial charge in [-0.2, -0.15) is 0 Å². The number of aromatic nitrogens is 1. The molecule has 0 spiro atoms. The Labute approximate surface area is 155 Å². The number of oxazole rings is 1. The number of carbonyl (C=O) groups is 2. The molecule has 0 atom stereocenters. The first kappa shape index (κ1) is 18.4. The number of nitrogens with one attached hydrogen (secondary N) is 1. The minimum absolute atomic E-state index is 0.0937. The maximum atomic E-state index is 12.2. The van der Waals surface area contributed by atoms with Crippen LogP contribution in [0.2, 0.25) is 5.02 Å². The van der Waals surface area contributed by atoms with E-state index >= 15 is 0 Å². The van der Waals surface area contributed by atoms with Crippen LogP contribution in [0.4, 0.5) is 0 Å². The van der Waals surface area contributed by atoms with Crippen molar-refractivity contribution in [3.8, 4) is 11.3 Å². The molecule has 2 heterocycles. The van der Waals surface area contributed by atoms with Crippen molar-refractivity contribution in [1.29, 1.82) is 0 Å². The number of aliphatic carboxylic acids is 1. The first-order valence-corrected chi connectivity index (χ1v) is 8.69. The molecule has 26 heavy (non-hydrogen) atoms. The fraction of sp³-hybridized carbons (Fsp3) is 0.389. The fourth-order valence-electron chi connectivity index (χ4n) is 2.84. The van der Waals surface area contributed by atoms with Crippen molar-refractivity contribution in [1.82, 2.24) is 10.3 Å². The van der Waals surface area contributed by atoms with Crippen LogP contribution in [0.15, 0.2) is 34.9 Å². The van der Waals surface area contributed by atoms with Crippen molar-refractivity contribution in [2.24, 2.45) is 0 Å². The van der Waals surface area contributed by atoms with Crippen molar-refractivity contribution in [2.45, 2.75) is 31.2 Å². The Balaban J connectivity index is 1.58. The molecule has 1 fully saturated rings. The summed E-state index contributed by atoms with van der Waals surface area (Å²) >= 11 is 5.86. The van der Waals surface area contributed by atoms with Crippen LogP contribution in [-0.4, -0.2) is 40.7 Å². The molecule has 3 rings (SSSR count). The van der Waals surface area contributed by atoms with Crippen molar-refractivity contribution < 1.29 is 23.8 Å². The number of carbonyl (C=O) groups excluding carboxylic acids is 1. The molecular formula is C18H19ClN2O5. The molecule has 2 N–H and O–H groups in total. The molecule has 0 bridgehead atoms. The number of carboxylic acid groups (broad SMARTS) is 1. The zero-order valence-corrected chi connectivity index (χ0v) is 14.8. The second kappa shape index (κ2) is 7.88. The van der Waals surface area contributed by atoms with E-state index in [1.807, 2.05) is 12.1 Å². The Morgan fingerprint density at radius 3 is 2.58 bits per heavy atom. The summed E-state index contributed by atoms with van der Waals surface area (Å²) in [6.45, 7) is 0.632. The van der Waals surface area contributed by atoms with Gasteiger partial charge in [0.25, 0.3) is 0 Å². The highest BCUT2D eigenvalue weighted by molar-refractivity contribution is 6.30. The van der Waals surface area contributed by atoms with Gasteiger partial charge >= 0.3 is 5.97 Å². The van der Waals surface area contributed by atoms with Crippen LogP contribution >= 0.6 is 11.6 Å². The third-order valence-corrected chi connectivity index (χ3v) is 4.63. The minimum atomic E-state index is -1.25. The lowest BCUT2D eigenvalue weighted by Gasteiger charge is -2.33. The van der Waals surface area contributed by atoms with Gasteiger partial charge in [-0.1, -0.05) is 11.6 Å². The quantitative estimate of drug-likeness (QED) is 0.801. The van der Waals surface area contributed by atoms with Gasteiger partial charge in [-0.25, -0.2) is 9.78 Å². The first-order chi connectivity index (χ1) is 12.5. The van der Waals surface area contributed by atoms with Crippen molar-refractivity contribution in [3.05, 3.63) is 41.4 Å². The van der Waals surface area contributed by atoms with E-state index in [9.17, 15) is 14.7 Å². The highest BCUT2D eigenvalue weighted by atomic mass is 35.5. The molecule has 1 aromatic carbocycles. The highest BCUT2D eigenvalue weighted by Gasteiger charge is 2.41. The maximum Gasteiger partial charge on any atom is 0.329 e. The molecule has 0 saturated carbocycles. The van der Waals surface area contributed by atoms with Crippen molar-refractivity contribution in [2.75, 3.05) is 13.2 Å². The molecule has 8 heteroatoms. The number of benzene rings is 1. The highest BCUT2D eigenvalue weighted by Crippen LogP contribution is 2.23. The number of halogens is 1. The lowest BCUT2D eigenvalue weighted by Crippen LogP contribution is -2.57. The molecule has 1 saturated heterocycles. The Hall–Kier alpha value is -2.38. The molecule has 1 aliphatic heterocycles. The predicted molar refractivity (Wildman–Crippen MR) is 93.8 cm³/mol. The number of hydrogen-bond donors (Lipinski definition) is 2. The molecular weight excluding hydrogens is 360 g/mol. The van der Waals surface area contributed by atoms with E-state index in [-0.39, 0.29) is 31.6 Å². The number of aryl methyl sites for hydroxylation is 1. The van der Waals surface area contributed by atoms with Crippen molar-refractivity contribution >= 4 is 23.5 Å². The Kier molecular flexibility index (Phi) is 5.58. The van der Waals surface area contributed by atoms with Crippen LogP contribution < -0.4 is 5.32 Å². The van der Waals surface area contributed by atoms with E-state index in [2.05, 4.69) is 10.3 Å². The Bertz CT molecular complexity index is 781. The predicted octanol–water partition coefficient (Wildman–Crippen LogP) is 2.68. The van der Waals surface area contributed by atoms with Gasteiger partial charge in [0.2, 0.25) is 5.91 Å². The number of ether oxygens (including phenoxy) is 1. The smallest absolute Gasteiger partial charge is 0.329 e. The molecule has 0 aliphatic carbocycles. The van der Waals surface area contributed by atoms with E-state index in [1.165, 1.54) is 0 Å². The normalized spacial score (nSPS) is 16.2. The van der Waals surface area contributed by atoms with E-state index < -0.39 is 11.5 Å². The zero-order chi connectivity index (χ0) is 18.6. The molecule has 2 aromatic rings. The second-order valence-corrected chi connectivity index (χ2v) is 6.61. The van der Waals surface area contributed by atoms with E-state index in [0.29, 0.717) is 29.9 Å². The fourth-order valence-corrected chi connectivity index (χ4v) is 2.96. The van der Waals surface area contributed by atoms with Crippen molar-refractivity contribution in [3.63, 3.8) is 0 Å². The SMILES string of the molecule is O=C(CCc1ncc(-c2ccc(Cl)cc2)o1)NC1(C(=O)O)CCOCC1. The first-order valence-electron chi connectivity index (χ1n) is 8.31. The van der Waals surface area contributed by atoms with Gasteiger partial charge in [0.1, 0.15) is 5.54 Å². The van der Waals surface area contributed by atoms with E-state index in [1.54, 1.807) is 18.3 Å². The average Bonchev–Trinajstić information content (AvgIpc) is 3.10. The second-order valence-electron chi connectivity index (χ2n) is 6.17. The van der Waals surface area contributed by atoms with Gasteiger partial charge in [0, 0.05) is 49.5 Å². The summed E-state index contributed by atoms with van der Waals surface area (Å²) in [6.07, 6.45) is 2.48. The molecule has 1 amide bonds. The number of nitrogens with zero attached hydrogens (tertiary/aromatic N) is 1. The summed E-state index contributed by atoms with van der Waals surface area (Å²) in [5.41, 5.74) is -0.412. The number of amides is 1. The average molecular weight is 379 g/mol. The lowest BCUT2D eigenvalue weighted by molar-refractivity contribution is -0.152. The van der Waals surface area contributed by atoms with Gasteiger partial charge in [0.05, 0.1) is 6.20 Å². The van der Waals surface area contributed by atoms with Crippen LogP contribution in [0.5, 0.6) is 0 Å². The summed E-state index contributed by atoms with van der Waals surface area (Å²) < 4.78 is 10.8. The topological polar surface area (TPSA) is 102 Å². The van der Waals surface area contributed by atoms with Crippen LogP contribution in [0.3, 0.4) is 0 Å². The molecule has 0 radical (unpaired) electrons. The Morgan fingerprint density at radius 2 is 1.92 bits per heavy atom. The third-order valence-electron chi connectivity index (χ3n) is 4.38. The van der Waals surface area contributed by atoms with E-state index in [0.717, 1.165) is 5.56 Å². The van der Waals surface area contributed by atoms with Crippen LogP contribution in [-0.2, 0) is 20.7 Å². The standard InChI is InChI=1S/C18H19ClN2O5/c19-13-3-1-12(2-4-13)14-11-20-16(26-14)6-5-15(22)21-18(17(23)24)7-9-25-10-8-18/h1-4,11H,5-10H2,(H,21,22)(H,23,24). The minimum Gasteiger partial charge on any atom is -0.480 e. The maximum absolute atomic E-state index is 12.2. The summed E-state index contributed by atoms with van der Waals surface area (Å²) in [6, 6.07) is 7.15. The number of carboxylic acids is 1. The summed E-state index contributed by atoms with van der Waals surface area (Å²) in [7, 11) is 0. The van der Waals surface area contributed by atoms with Crippen LogP contribution in [0.25, 0.3) is 11.3 Å². The van der Waals surface area contributed by atoms with Gasteiger partial charge < -0.3 is 19.6 Å². The monoisotopic (exact) mass is 378 g/mol. The van der Waals surface area contributed by atoms with Gasteiger partial charge in [-0.3, -0.25) is 4.79 Å². The molecule has 0 unspecified atom stereocenters. The Morgan fingerprint density at radius 1 is 1.23 bits per heavy atom. The molecule has 1 aromatic heterocycles. The summed E-state index contributed by atoms with van der Waals surface area (Å²) in [4.78, 5) is 27.9. The summed E-state index contributed by atoms with van der Waals surface area (Å²) in [5.74, 6) is -0.374. The molecule has 7 nitrogen and oxygen atoms in total. The summed E-state index contributed by atoms with van der Waals surface area (Å²) in [5, 5.41) is 12.7. The number of rotatable bonds is 6. The van der Waals surface area contributed by atoms with Crippen LogP contribution in [0.1, 0.15) is 25.2 Å². The van der Waals surface area contributed by atoms with Crippen LogP contribution in [0, 0.1) is 0 Å².